The lowest BCUT2D eigenvalue weighted by molar-refractivity contribution is -0.172. The number of carboxylic acid groups (broad SMARTS) is 2. The summed E-state index contributed by atoms with van der Waals surface area (Å²) in [5.41, 5.74) is -2.10. The molecule has 16 heavy (non-hydrogen) atoms. The van der Waals surface area contributed by atoms with Crippen molar-refractivity contribution in [2.24, 2.45) is 5.92 Å². The third-order valence-electron chi connectivity index (χ3n) is 3.32. The summed E-state index contributed by atoms with van der Waals surface area (Å²) < 4.78 is 0. The van der Waals surface area contributed by atoms with Gasteiger partial charge < -0.3 is 15.3 Å². The Morgan fingerprint density at radius 2 is 1.56 bits per heavy atom. The smallest absolute Gasteiger partial charge is 0.336 e. The Balaban J connectivity index is 2.81. The Morgan fingerprint density at radius 1 is 1.06 bits per heavy atom. The van der Waals surface area contributed by atoms with Crippen LogP contribution >= 0.6 is 0 Å². The molecule has 92 valence electrons. The van der Waals surface area contributed by atoms with Crippen molar-refractivity contribution in [1.82, 2.24) is 0 Å². The molecule has 0 heterocycles. The minimum atomic E-state index is -2.10. The number of hydrogen-bond donors (Lipinski definition) is 3. The largest absolute Gasteiger partial charge is 0.481 e. The van der Waals surface area contributed by atoms with E-state index in [0.717, 1.165) is 25.7 Å². The number of aliphatic hydroxyl groups is 1. The lowest BCUT2D eigenvalue weighted by Gasteiger charge is -2.30. The van der Waals surface area contributed by atoms with Crippen LogP contribution in [0.15, 0.2) is 0 Å². The average molecular weight is 230 g/mol. The maximum absolute atomic E-state index is 11.1. The number of carboxylic acids is 2. The SMILES string of the molecule is O=C(O)CC(O)(C(=O)O)C1CCCCCC1. The first-order valence-corrected chi connectivity index (χ1v) is 5.64. The first-order valence-electron chi connectivity index (χ1n) is 5.64. The van der Waals surface area contributed by atoms with Crippen LogP contribution in [0.1, 0.15) is 44.9 Å². The number of hydrogen-bond acceptors (Lipinski definition) is 3. The van der Waals surface area contributed by atoms with Crippen molar-refractivity contribution >= 4 is 11.9 Å². The molecule has 0 spiro atoms. The van der Waals surface area contributed by atoms with Gasteiger partial charge in [0.15, 0.2) is 5.60 Å². The van der Waals surface area contributed by atoms with E-state index < -0.39 is 29.9 Å². The molecule has 1 atom stereocenters. The van der Waals surface area contributed by atoms with Crippen LogP contribution in [0.3, 0.4) is 0 Å². The third-order valence-corrected chi connectivity index (χ3v) is 3.32. The monoisotopic (exact) mass is 230 g/mol. The fourth-order valence-corrected chi connectivity index (χ4v) is 2.38. The van der Waals surface area contributed by atoms with Gasteiger partial charge in [-0.1, -0.05) is 25.7 Å². The van der Waals surface area contributed by atoms with Crippen molar-refractivity contribution < 1.29 is 24.9 Å². The van der Waals surface area contributed by atoms with Crippen LogP contribution in [0.2, 0.25) is 0 Å². The predicted octanol–water partition coefficient (Wildman–Crippen LogP) is 1.25. The molecule has 0 radical (unpaired) electrons. The molecule has 1 saturated carbocycles. The highest BCUT2D eigenvalue weighted by Crippen LogP contribution is 2.34. The number of carbonyl (C=O) groups is 2. The van der Waals surface area contributed by atoms with Gasteiger partial charge in [0.1, 0.15) is 0 Å². The van der Waals surface area contributed by atoms with Gasteiger partial charge in [0.05, 0.1) is 6.42 Å². The Bertz CT molecular complexity index is 268. The highest BCUT2D eigenvalue weighted by atomic mass is 16.4. The van der Waals surface area contributed by atoms with Crippen LogP contribution in [-0.2, 0) is 9.59 Å². The van der Waals surface area contributed by atoms with Gasteiger partial charge in [-0.2, -0.15) is 0 Å². The van der Waals surface area contributed by atoms with Gasteiger partial charge in [-0.05, 0) is 18.8 Å². The minimum absolute atomic E-state index is 0.441. The molecule has 0 aromatic carbocycles. The molecule has 0 bridgehead atoms. The number of rotatable bonds is 4. The summed E-state index contributed by atoms with van der Waals surface area (Å²) >= 11 is 0. The van der Waals surface area contributed by atoms with Gasteiger partial charge in [0.2, 0.25) is 0 Å². The maximum atomic E-state index is 11.1. The van der Waals surface area contributed by atoms with E-state index in [1.807, 2.05) is 0 Å². The lowest BCUT2D eigenvalue weighted by atomic mass is 9.80. The topological polar surface area (TPSA) is 94.8 Å². The molecule has 1 unspecified atom stereocenters. The van der Waals surface area contributed by atoms with Crippen LogP contribution in [0.4, 0.5) is 0 Å². The summed E-state index contributed by atoms with van der Waals surface area (Å²) in [6.45, 7) is 0. The highest BCUT2D eigenvalue weighted by molar-refractivity contribution is 5.84. The van der Waals surface area contributed by atoms with E-state index in [0.29, 0.717) is 12.8 Å². The van der Waals surface area contributed by atoms with Crippen molar-refractivity contribution in [3.05, 3.63) is 0 Å². The quantitative estimate of drug-likeness (QED) is 0.632. The van der Waals surface area contributed by atoms with Crippen molar-refractivity contribution in [2.75, 3.05) is 0 Å². The summed E-state index contributed by atoms with van der Waals surface area (Å²) in [4.78, 5) is 21.7. The molecular formula is C11H18O5. The summed E-state index contributed by atoms with van der Waals surface area (Å²) in [6, 6.07) is 0. The van der Waals surface area contributed by atoms with Gasteiger partial charge in [-0.25, -0.2) is 4.79 Å². The lowest BCUT2D eigenvalue weighted by Crippen LogP contribution is -2.47. The van der Waals surface area contributed by atoms with E-state index in [1.165, 1.54) is 0 Å². The van der Waals surface area contributed by atoms with E-state index in [9.17, 15) is 14.7 Å². The maximum Gasteiger partial charge on any atom is 0.336 e. The van der Waals surface area contributed by atoms with E-state index >= 15 is 0 Å². The van der Waals surface area contributed by atoms with Gasteiger partial charge in [0.25, 0.3) is 0 Å². The molecule has 0 amide bonds. The van der Waals surface area contributed by atoms with Crippen molar-refractivity contribution in [1.29, 1.82) is 0 Å². The average Bonchev–Trinajstić information content (AvgIpc) is 2.44. The fraction of sp³-hybridized carbons (Fsp3) is 0.818. The van der Waals surface area contributed by atoms with Crippen molar-refractivity contribution in [3.63, 3.8) is 0 Å². The molecular weight excluding hydrogens is 212 g/mol. The Labute approximate surface area is 94.1 Å². The standard InChI is InChI=1S/C11H18O5/c12-9(13)7-11(16,10(14)15)8-5-3-1-2-4-6-8/h8,16H,1-7H2,(H,12,13)(H,14,15). The van der Waals surface area contributed by atoms with Gasteiger partial charge >= 0.3 is 11.9 Å². The summed E-state index contributed by atoms with van der Waals surface area (Å²) in [6.07, 6.45) is 4.25. The molecule has 0 aliphatic heterocycles. The van der Waals surface area contributed by atoms with Gasteiger partial charge in [-0.15, -0.1) is 0 Å². The molecule has 1 aliphatic carbocycles. The van der Waals surface area contributed by atoms with E-state index in [-0.39, 0.29) is 0 Å². The second-order valence-electron chi connectivity index (χ2n) is 4.49. The predicted molar refractivity (Wildman–Crippen MR) is 56.0 cm³/mol. The van der Waals surface area contributed by atoms with Crippen molar-refractivity contribution in [3.8, 4) is 0 Å². The van der Waals surface area contributed by atoms with Crippen LogP contribution in [0, 0.1) is 5.92 Å². The minimum Gasteiger partial charge on any atom is -0.481 e. The summed E-state index contributed by atoms with van der Waals surface area (Å²) in [7, 11) is 0. The first-order chi connectivity index (χ1) is 7.47. The summed E-state index contributed by atoms with van der Waals surface area (Å²) in [5, 5.41) is 27.7. The molecule has 1 rings (SSSR count). The first kappa shape index (κ1) is 13.0. The second-order valence-corrected chi connectivity index (χ2v) is 4.49. The van der Waals surface area contributed by atoms with Gasteiger partial charge in [0, 0.05) is 0 Å². The summed E-state index contributed by atoms with van der Waals surface area (Å²) in [5.74, 6) is -3.13. The molecule has 3 N–H and O–H groups in total. The third kappa shape index (κ3) is 2.95. The molecule has 5 heteroatoms. The van der Waals surface area contributed by atoms with E-state index in [1.54, 1.807) is 0 Å². The zero-order valence-electron chi connectivity index (χ0n) is 9.19. The fourth-order valence-electron chi connectivity index (χ4n) is 2.38. The zero-order chi connectivity index (χ0) is 12.2. The molecule has 0 saturated heterocycles. The normalized spacial score (nSPS) is 22.1. The van der Waals surface area contributed by atoms with Crippen LogP contribution in [0.25, 0.3) is 0 Å². The number of aliphatic carboxylic acids is 2. The Hall–Kier alpha value is -1.10. The van der Waals surface area contributed by atoms with Crippen molar-refractivity contribution in [2.45, 2.75) is 50.5 Å². The van der Waals surface area contributed by atoms with E-state index in [2.05, 4.69) is 0 Å². The van der Waals surface area contributed by atoms with Crippen LogP contribution < -0.4 is 0 Å². The molecule has 1 aliphatic rings. The van der Waals surface area contributed by atoms with Gasteiger partial charge in [-0.3, -0.25) is 4.79 Å². The Kier molecular flexibility index (Phi) is 4.29. The van der Waals surface area contributed by atoms with Crippen LogP contribution in [0.5, 0.6) is 0 Å². The van der Waals surface area contributed by atoms with E-state index in [4.69, 9.17) is 10.2 Å². The highest BCUT2D eigenvalue weighted by Gasteiger charge is 2.45. The van der Waals surface area contributed by atoms with Crippen LogP contribution in [-0.4, -0.2) is 32.9 Å². The zero-order valence-corrected chi connectivity index (χ0v) is 9.19. The molecule has 5 nitrogen and oxygen atoms in total. The molecule has 0 aromatic heterocycles. The second kappa shape index (κ2) is 5.30. The molecule has 0 aromatic rings. The Morgan fingerprint density at radius 3 is 1.94 bits per heavy atom. The molecule has 1 fully saturated rings.